The molecule has 8 heteroatoms. The van der Waals surface area contributed by atoms with Crippen LogP contribution in [-0.4, -0.2) is 16.9 Å². The van der Waals surface area contributed by atoms with Crippen LogP contribution < -0.4 is 4.74 Å². The van der Waals surface area contributed by atoms with Crippen molar-refractivity contribution >= 4 is 0 Å². The van der Waals surface area contributed by atoms with Crippen LogP contribution in [0.5, 0.6) is 5.88 Å². The zero-order valence-electron chi connectivity index (χ0n) is 10.2. The first-order valence-corrected chi connectivity index (χ1v) is 5.43. The fourth-order valence-corrected chi connectivity index (χ4v) is 1.63. The molecule has 1 aromatic heterocycles. The highest BCUT2D eigenvalue weighted by molar-refractivity contribution is 5.39. The molecule has 0 radical (unpaired) electrons. The summed E-state index contributed by atoms with van der Waals surface area (Å²) < 4.78 is 69.3. The largest absolute Gasteiger partial charge is 0.481 e. The number of alkyl halides is 4. The third-order valence-electron chi connectivity index (χ3n) is 2.57. The van der Waals surface area contributed by atoms with Crippen LogP contribution in [0.4, 0.5) is 22.0 Å². The number of ether oxygens (including phenoxy) is 1. The SMILES string of the molecule is COc1cc(C(F)(F)F)nn1-c1ccc(CF)cc1F. The summed E-state index contributed by atoms with van der Waals surface area (Å²) in [6.45, 7) is -0.874. The first-order valence-electron chi connectivity index (χ1n) is 5.43. The van der Waals surface area contributed by atoms with Crippen molar-refractivity contribution in [2.75, 3.05) is 7.11 Å². The van der Waals surface area contributed by atoms with Crippen molar-refractivity contribution in [3.8, 4) is 11.6 Å². The summed E-state index contributed by atoms with van der Waals surface area (Å²) in [5.74, 6) is -1.17. The molecule has 3 nitrogen and oxygen atoms in total. The highest BCUT2D eigenvalue weighted by Crippen LogP contribution is 2.32. The topological polar surface area (TPSA) is 27.1 Å². The van der Waals surface area contributed by atoms with Gasteiger partial charge in [-0.05, 0) is 17.7 Å². The lowest BCUT2D eigenvalue weighted by Crippen LogP contribution is -2.08. The number of hydrogen-bond donors (Lipinski definition) is 0. The van der Waals surface area contributed by atoms with E-state index in [1.54, 1.807) is 0 Å². The molecule has 0 aliphatic heterocycles. The number of aromatic nitrogens is 2. The zero-order valence-corrected chi connectivity index (χ0v) is 10.2. The Labute approximate surface area is 110 Å². The summed E-state index contributed by atoms with van der Waals surface area (Å²) in [7, 11) is 1.14. The molecule has 0 atom stereocenters. The van der Waals surface area contributed by atoms with E-state index in [1.807, 2.05) is 0 Å². The molecule has 0 aliphatic carbocycles. The summed E-state index contributed by atoms with van der Waals surface area (Å²) in [6.07, 6.45) is -4.67. The molecule has 2 rings (SSSR count). The Morgan fingerprint density at radius 2 is 1.95 bits per heavy atom. The Morgan fingerprint density at radius 1 is 1.25 bits per heavy atom. The monoisotopic (exact) mass is 292 g/mol. The van der Waals surface area contributed by atoms with Crippen LogP contribution in [-0.2, 0) is 12.9 Å². The summed E-state index contributed by atoms with van der Waals surface area (Å²) in [5.41, 5.74) is -1.38. The number of methoxy groups -OCH3 is 1. The minimum absolute atomic E-state index is 0.0772. The molecule has 0 aliphatic rings. The number of rotatable bonds is 3. The molecule has 0 bridgehead atoms. The molecule has 0 saturated heterocycles. The van der Waals surface area contributed by atoms with Crippen LogP contribution in [0.25, 0.3) is 5.69 Å². The highest BCUT2D eigenvalue weighted by atomic mass is 19.4. The van der Waals surface area contributed by atoms with Gasteiger partial charge in [-0.15, -0.1) is 0 Å². The van der Waals surface area contributed by atoms with Crippen LogP contribution in [0.15, 0.2) is 24.3 Å². The van der Waals surface area contributed by atoms with Gasteiger partial charge in [0, 0.05) is 6.07 Å². The van der Waals surface area contributed by atoms with E-state index in [1.165, 1.54) is 6.07 Å². The Balaban J connectivity index is 2.54. The van der Waals surface area contributed by atoms with E-state index in [0.29, 0.717) is 10.7 Å². The standard InChI is InChI=1S/C12H9F5N2O/c1-20-11-5-10(12(15,16)17)18-19(11)9-3-2-7(6-13)4-8(9)14/h2-5H,6H2,1H3. The number of hydrogen-bond acceptors (Lipinski definition) is 2. The Hall–Kier alpha value is -2.12. The minimum Gasteiger partial charge on any atom is -0.481 e. The second-order valence-electron chi connectivity index (χ2n) is 3.90. The zero-order chi connectivity index (χ0) is 14.9. The van der Waals surface area contributed by atoms with Crippen molar-refractivity contribution in [1.82, 2.24) is 9.78 Å². The van der Waals surface area contributed by atoms with Crippen molar-refractivity contribution in [3.05, 3.63) is 41.3 Å². The van der Waals surface area contributed by atoms with E-state index >= 15 is 0 Å². The van der Waals surface area contributed by atoms with Crippen molar-refractivity contribution < 1.29 is 26.7 Å². The quantitative estimate of drug-likeness (QED) is 0.809. The summed E-state index contributed by atoms with van der Waals surface area (Å²) in [4.78, 5) is 0. The molecule has 1 heterocycles. The van der Waals surface area contributed by atoms with Gasteiger partial charge in [0.25, 0.3) is 0 Å². The van der Waals surface area contributed by atoms with Gasteiger partial charge in [0.1, 0.15) is 18.2 Å². The van der Waals surface area contributed by atoms with Gasteiger partial charge in [-0.3, -0.25) is 0 Å². The summed E-state index contributed by atoms with van der Waals surface area (Å²) in [5, 5.41) is 3.27. The fraction of sp³-hybridized carbons (Fsp3) is 0.250. The summed E-state index contributed by atoms with van der Waals surface area (Å²) in [6, 6.07) is 3.94. The molecule has 108 valence electrons. The first kappa shape index (κ1) is 14.3. The smallest absolute Gasteiger partial charge is 0.435 e. The maximum absolute atomic E-state index is 13.8. The minimum atomic E-state index is -4.67. The van der Waals surface area contributed by atoms with Crippen LogP contribution in [0.1, 0.15) is 11.3 Å². The van der Waals surface area contributed by atoms with Crippen molar-refractivity contribution in [2.24, 2.45) is 0 Å². The number of halogens is 5. The van der Waals surface area contributed by atoms with Gasteiger partial charge in [-0.2, -0.15) is 23.0 Å². The lowest BCUT2D eigenvalue weighted by atomic mass is 10.2. The van der Waals surface area contributed by atoms with E-state index in [-0.39, 0.29) is 17.1 Å². The average Bonchev–Trinajstić information content (AvgIpc) is 2.82. The van der Waals surface area contributed by atoms with Crippen LogP contribution in [0.2, 0.25) is 0 Å². The number of benzene rings is 1. The molecule has 2 aromatic rings. The molecule has 20 heavy (non-hydrogen) atoms. The molecule has 0 saturated carbocycles. The molecule has 0 amide bonds. The predicted molar refractivity (Wildman–Crippen MR) is 59.9 cm³/mol. The lowest BCUT2D eigenvalue weighted by molar-refractivity contribution is -0.141. The van der Waals surface area contributed by atoms with E-state index in [4.69, 9.17) is 4.74 Å². The summed E-state index contributed by atoms with van der Waals surface area (Å²) >= 11 is 0. The van der Waals surface area contributed by atoms with Gasteiger partial charge < -0.3 is 4.74 Å². The number of nitrogens with zero attached hydrogens (tertiary/aromatic N) is 2. The maximum atomic E-state index is 13.8. The fourth-order valence-electron chi connectivity index (χ4n) is 1.63. The second kappa shape index (κ2) is 5.10. The highest BCUT2D eigenvalue weighted by Gasteiger charge is 2.35. The van der Waals surface area contributed by atoms with Gasteiger partial charge in [0.2, 0.25) is 5.88 Å². The molecule has 0 N–H and O–H groups in total. The van der Waals surface area contributed by atoms with E-state index < -0.39 is 24.4 Å². The molecular formula is C12H9F5N2O. The Morgan fingerprint density at radius 3 is 2.45 bits per heavy atom. The third kappa shape index (κ3) is 2.59. The van der Waals surface area contributed by atoms with Gasteiger partial charge in [-0.25, -0.2) is 8.78 Å². The molecule has 1 aromatic carbocycles. The van der Waals surface area contributed by atoms with Crippen molar-refractivity contribution in [2.45, 2.75) is 12.9 Å². The Kier molecular flexibility index (Phi) is 3.65. The second-order valence-corrected chi connectivity index (χ2v) is 3.90. The van der Waals surface area contributed by atoms with Gasteiger partial charge in [0.05, 0.1) is 7.11 Å². The molecule has 0 unspecified atom stereocenters. The third-order valence-corrected chi connectivity index (χ3v) is 2.57. The lowest BCUT2D eigenvalue weighted by Gasteiger charge is -2.08. The van der Waals surface area contributed by atoms with Crippen molar-refractivity contribution in [1.29, 1.82) is 0 Å². The average molecular weight is 292 g/mol. The molecule has 0 spiro atoms. The van der Waals surface area contributed by atoms with E-state index in [9.17, 15) is 22.0 Å². The first-order chi connectivity index (χ1) is 9.36. The van der Waals surface area contributed by atoms with Crippen LogP contribution in [0, 0.1) is 5.82 Å². The van der Waals surface area contributed by atoms with Gasteiger partial charge >= 0.3 is 6.18 Å². The predicted octanol–water partition coefficient (Wildman–Crippen LogP) is 3.51. The van der Waals surface area contributed by atoms with Crippen LogP contribution >= 0.6 is 0 Å². The van der Waals surface area contributed by atoms with Gasteiger partial charge in [-0.1, -0.05) is 6.07 Å². The van der Waals surface area contributed by atoms with E-state index in [0.717, 1.165) is 19.2 Å². The molecular weight excluding hydrogens is 283 g/mol. The Bertz CT molecular complexity index is 621. The normalized spacial score (nSPS) is 11.7. The van der Waals surface area contributed by atoms with Crippen molar-refractivity contribution in [3.63, 3.8) is 0 Å². The van der Waals surface area contributed by atoms with E-state index in [2.05, 4.69) is 5.10 Å². The van der Waals surface area contributed by atoms with Gasteiger partial charge in [0.15, 0.2) is 5.69 Å². The van der Waals surface area contributed by atoms with Crippen LogP contribution in [0.3, 0.4) is 0 Å². The molecule has 0 fully saturated rings. The maximum Gasteiger partial charge on any atom is 0.435 e.